The Morgan fingerprint density at radius 2 is 1.62 bits per heavy atom. The molecule has 34 heavy (non-hydrogen) atoms. The summed E-state index contributed by atoms with van der Waals surface area (Å²) in [6.07, 6.45) is 8.11. The summed E-state index contributed by atoms with van der Waals surface area (Å²) < 4.78 is 11.6. The lowest BCUT2D eigenvalue weighted by atomic mass is 9.80. The Balaban J connectivity index is 2.68. The smallest absolute Gasteiger partial charge is 0.317 e. The number of ether oxygens (including phenoxy) is 2. The van der Waals surface area contributed by atoms with Gasteiger partial charge in [0, 0.05) is 10.6 Å². The molecule has 5 nitrogen and oxygen atoms in total. The molecule has 1 N–H and O–H groups in total. The summed E-state index contributed by atoms with van der Waals surface area (Å²) in [6, 6.07) is 3.57. The Bertz CT molecular complexity index is 878. The van der Waals surface area contributed by atoms with Gasteiger partial charge in [0.25, 0.3) is 0 Å². The third-order valence-electron chi connectivity index (χ3n) is 6.46. The summed E-state index contributed by atoms with van der Waals surface area (Å²) >= 11 is 6.35. The van der Waals surface area contributed by atoms with E-state index in [0.717, 1.165) is 44.1 Å². The number of esters is 1. The lowest BCUT2D eigenvalue weighted by Gasteiger charge is -2.30. The molecule has 1 aromatic carbocycles. The molecular weight excluding hydrogens is 450 g/mol. The van der Waals surface area contributed by atoms with Crippen LogP contribution in [0.4, 0.5) is 0 Å². The molecule has 1 aliphatic rings. The maximum absolute atomic E-state index is 14.3. The van der Waals surface area contributed by atoms with E-state index in [0.29, 0.717) is 41.2 Å². The van der Waals surface area contributed by atoms with Gasteiger partial charge in [-0.05, 0) is 57.7 Å². The fraction of sp³-hybridized carbons (Fsp3) is 0.643. The zero-order valence-corrected chi connectivity index (χ0v) is 22.8. The number of nitrogens with one attached hydrogen (secondary N) is 1. The minimum atomic E-state index is -0.789. The van der Waals surface area contributed by atoms with Gasteiger partial charge < -0.3 is 14.8 Å². The van der Waals surface area contributed by atoms with E-state index in [1.165, 1.54) is 0 Å². The van der Waals surface area contributed by atoms with Gasteiger partial charge in [0.2, 0.25) is 5.88 Å². The Morgan fingerprint density at radius 1 is 1.03 bits per heavy atom. The number of rotatable bonds is 12. The first kappa shape index (κ1) is 28.2. The number of aryl methyl sites for hydroxylation is 1. The van der Waals surface area contributed by atoms with Gasteiger partial charge in [0.05, 0.1) is 18.1 Å². The summed E-state index contributed by atoms with van der Waals surface area (Å²) in [5.74, 6) is 0.348. The highest BCUT2D eigenvalue weighted by atomic mass is 35.5. The van der Waals surface area contributed by atoms with E-state index in [4.69, 9.17) is 21.1 Å². The van der Waals surface area contributed by atoms with Crippen molar-refractivity contribution in [2.24, 2.45) is 5.41 Å². The number of hydrogen-bond donors (Lipinski definition) is 1. The second-order valence-electron chi connectivity index (χ2n) is 10.3. The van der Waals surface area contributed by atoms with E-state index < -0.39 is 11.0 Å². The van der Waals surface area contributed by atoms with Gasteiger partial charge in [0.15, 0.2) is 5.78 Å². The van der Waals surface area contributed by atoms with Crippen molar-refractivity contribution in [2.75, 3.05) is 7.11 Å². The zero-order chi connectivity index (χ0) is 25.5. The van der Waals surface area contributed by atoms with E-state index in [9.17, 15) is 9.59 Å². The van der Waals surface area contributed by atoms with E-state index in [2.05, 4.69) is 19.2 Å². The predicted octanol–water partition coefficient (Wildman–Crippen LogP) is 7.24. The molecule has 0 amide bonds. The van der Waals surface area contributed by atoms with Crippen LogP contribution in [0.25, 0.3) is 5.57 Å². The Morgan fingerprint density at radius 3 is 2.09 bits per heavy atom. The first-order valence-electron chi connectivity index (χ1n) is 12.7. The summed E-state index contributed by atoms with van der Waals surface area (Å²) in [4.78, 5) is 27.2. The maximum Gasteiger partial charge on any atom is 0.317 e. The number of Topliss-reactive ketones (excluding diaryl/α,β-unsaturated/α-hetero) is 1. The van der Waals surface area contributed by atoms with Gasteiger partial charge in [-0.1, -0.05) is 70.9 Å². The number of methoxy groups -OCH3 is 1. The number of carbonyl (C=O) groups is 2. The fourth-order valence-electron chi connectivity index (χ4n) is 4.42. The lowest BCUT2D eigenvalue weighted by Crippen LogP contribution is -2.47. The molecule has 0 radical (unpaired) electrons. The lowest BCUT2D eigenvalue weighted by molar-refractivity contribution is -0.149. The van der Waals surface area contributed by atoms with E-state index in [1.807, 2.05) is 33.8 Å². The summed E-state index contributed by atoms with van der Waals surface area (Å²) in [7, 11) is 1.57. The summed E-state index contributed by atoms with van der Waals surface area (Å²) in [5, 5.41) is 3.98. The van der Waals surface area contributed by atoms with Crippen molar-refractivity contribution < 1.29 is 19.1 Å². The third kappa shape index (κ3) is 6.35. The van der Waals surface area contributed by atoms with Crippen molar-refractivity contribution in [3.63, 3.8) is 0 Å². The molecule has 190 valence electrons. The van der Waals surface area contributed by atoms with E-state index in [1.54, 1.807) is 13.2 Å². The average molecular weight is 492 g/mol. The highest BCUT2D eigenvalue weighted by Gasteiger charge is 2.49. The van der Waals surface area contributed by atoms with Crippen LogP contribution in [-0.4, -0.2) is 24.4 Å². The van der Waals surface area contributed by atoms with Crippen LogP contribution >= 0.6 is 11.6 Å². The summed E-state index contributed by atoms with van der Waals surface area (Å²) in [6.45, 7) is 11.7. The van der Waals surface area contributed by atoms with Crippen molar-refractivity contribution >= 4 is 28.9 Å². The molecular formula is C28H42ClNO4. The molecule has 0 aliphatic carbocycles. The van der Waals surface area contributed by atoms with Crippen molar-refractivity contribution in [2.45, 2.75) is 105 Å². The Kier molecular flexibility index (Phi) is 10.0. The standard InChI is InChI=1S/C28H42ClNO4/c1-8-11-13-15-28(16-14-12-9-2)24(31)23(25(30-28)34-26(32)27(4,5)6)22-19(10-3)17-20(29)18-21(22)33-7/h17-18,30H,8-16H2,1-7H3. The molecule has 0 atom stereocenters. The van der Waals surface area contributed by atoms with Crippen LogP contribution in [0.1, 0.15) is 104 Å². The average Bonchev–Trinajstić information content (AvgIpc) is 3.03. The highest BCUT2D eigenvalue weighted by Crippen LogP contribution is 2.43. The van der Waals surface area contributed by atoms with E-state index >= 15 is 0 Å². The minimum absolute atomic E-state index is 0.0215. The second-order valence-corrected chi connectivity index (χ2v) is 10.7. The van der Waals surface area contributed by atoms with Gasteiger partial charge in [-0.2, -0.15) is 0 Å². The number of benzene rings is 1. The molecule has 0 saturated carbocycles. The molecule has 0 unspecified atom stereocenters. The topological polar surface area (TPSA) is 64.6 Å². The normalized spacial score (nSPS) is 15.5. The zero-order valence-electron chi connectivity index (χ0n) is 22.0. The van der Waals surface area contributed by atoms with Crippen LogP contribution in [0.2, 0.25) is 5.02 Å². The number of ketones is 1. The number of unbranched alkanes of at least 4 members (excludes halogenated alkanes) is 4. The summed E-state index contributed by atoms with van der Waals surface area (Å²) in [5.41, 5.74) is 0.447. The van der Waals surface area contributed by atoms with Gasteiger partial charge in [-0.3, -0.25) is 9.59 Å². The van der Waals surface area contributed by atoms with Crippen LogP contribution in [0, 0.1) is 5.41 Å². The highest BCUT2D eigenvalue weighted by molar-refractivity contribution is 6.32. The maximum atomic E-state index is 14.3. The number of hydrogen-bond acceptors (Lipinski definition) is 5. The second kappa shape index (κ2) is 12.1. The predicted molar refractivity (Wildman–Crippen MR) is 139 cm³/mol. The molecule has 0 spiro atoms. The molecule has 6 heteroatoms. The van der Waals surface area contributed by atoms with Gasteiger partial charge in [0.1, 0.15) is 11.3 Å². The van der Waals surface area contributed by atoms with Crippen LogP contribution < -0.4 is 10.1 Å². The first-order chi connectivity index (χ1) is 16.0. The van der Waals surface area contributed by atoms with Gasteiger partial charge in [-0.15, -0.1) is 0 Å². The van der Waals surface area contributed by atoms with Crippen molar-refractivity contribution in [3.8, 4) is 5.75 Å². The molecule has 1 heterocycles. The van der Waals surface area contributed by atoms with Crippen molar-refractivity contribution in [1.82, 2.24) is 5.32 Å². The number of halogens is 1. The Hall–Kier alpha value is -2.01. The van der Waals surface area contributed by atoms with E-state index in [-0.39, 0.29) is 17.6 Å². The molecule has 0 aromatic heterocycles. The van der Waals surface area contributed by atoms with Crippen LogP contribution in [-0.2, 0) is 20.7 Å². The molecule has 1 aromatic rings. The van der Waals surface area contributed by atoms with Gasteiger partial charge >= 0.3 is 5.97 Å². The molecule has 0 fully saturated rings. The molecule has 0 bridgehead atoms. The largest absolute Gasteiger partial charge is 0.496 e. The molecule has 2 rings (SSSR count). The van der Waals surface area contributed by atoms with Crippen molar-refractivity contribution in [3.05, 3.63) is 34.2 Å². The third-order valence-corrected chi connectivity index (χ3v) is 6.68. The van der Waals surface area contributed by atoms with Crippen molar-refractivity contribution in [1.29, 1.82) is 0 Å². The first-order valence-corrected chi connectivity index (χ1v) is 13.1. The quantitative estimate of drug-likeness (QED) is 0.246. The fourth-order valence-corrected chi connectivity index (χ4v) is 4.65. The minimum Gasteiger partial charge on any atom is -0.496 e. The van der Waals surface area contributed by atoms with Crippen LogP contribution in [0.3, 0.4) is 0 Å². The SMILES string of the molecule is CCCCCC1(CCCCC)NC(OC(=O)C(C)(C)C)=C(c2c(CC)cc(Cl)cc2OC)C1=O. The monoisotopic (exact) mass is 491 g/mol. The van der Waals surface area contributed by atoms with Crippen LogP contribution in [0.15, 0.2) is 18.0 Å². The van der Waals surface area contributed by atoms with Gasteiger partial charge in [-0.25, -0.2) is 0 Å². The number of carbonyl (C=O) groups excluding carboxylic acids is 2. The molecule has 0 saturated heterocycles. The Labute approximate surface area is 210 Å². The van der Waals surface area contributed by atoms with Crippen LogP contribution in [0.5, 0.6) is 5.75 Å². The molecule has 1 aliphatic heterocycles.